The summed E-state index contributed by atoms with van der Waals surface area (Å²) in [6, 6.07) is -0.145. The number of piperidine rings is 1. The van der Waals surface area contributed by atoms with Crippen LogP contribution in [-0.2, 0) is 4.79 Å². The monoisotopic (exact) mass is 285 g/mol. The number of hydrogen-bond acceptors (Lipinski definition) is 3. The first-order valence-electron chi connectivity index (χ1n) is 7.32. The number of carbonyl (C=O) groups excluding carboxylic acids is 1. The fourth-order valence-corrected chi connectivity index (χ4v) is 2.77. The molecule has 0 spiro atoms. The van der Waals surface area contributed by atoms with Gasteiger partial charge in [-0.15, -0.1) is 0 Å². The van der Waals surface area contributed by atoms with Crippen LogP contribution < -0.4 is 5.32 Å². The van der Waals surface area contributed by atoms with Crippen molar-refractivity contribution in [3.8, 4) is 0 Å². The lowest BCUT2D eigenvalue weighted by Crippen LogP contribution is -2.53. The van der Waals surface area contributed by atoms with Gasteiger partial charge in [-0.05, 0) is 33.4 Å². The summed E-state index contributed by atoms with van der Waals surface area (Å²) in [7, 11) is 3.90. The predicted molar refractivity (Wildman–Crippen MR) is 77.7 cm³/mol. The van der Waals surface area contributed by atoms with Crippen LogP contribution in [0.3, 0.4) is 0 Å². The molecule has 0 radical (unpaired) electrons. The lowest BCUT2D eigenvalue weighted by atomic mass is 9.76. The summed E-state index contributed by atoms with van der Waals surface area (Å²) in [5, 5.41) is 12.4. The molecule has 1 fully saturated rings. The Morgan fingerprint density at radius 3 is 2.65 bits per heavy atom. The molecule has 0 aromatic rings. The molecular weight excluding hydrogens is 258 g/mol. The minimum Gasteiger partial charge on any atom is -0.481 e. The Kier molecular flexibility index (Phi) is 6.26. The van der Waals surface area contributed by atoms with Gasteiger partial charge in [0.2, 0.25) is 0 Å². The molecule has 0 aromatic heterocycles. The first-order chi connectivity index (χ1) is 9.41. The summed E-state index contributed by atoms with van der Waals surface area (Å²) in [6.45, 7) is 4.31. The van der Waals surface area contributed by atoms with E-state index in [1.165, 1.54) is 0 Å². The zero-order valence-corrected chi connectivity index (χ0v) is 12.8. The Labute approximate surface area is 121 Å². The standard InChI is InChI=1S/C14H27N3O3/c1-4-6-14(12(18)19)7-5-9-17(11-14)13(20)15-8-10-16(2)3/h4-11H2,1-3H3,(H,15,20)(H,18,19). The van der Waals surface area contributed by atoms with E-state index in [2.05, 4.69) is 5.32 Å². The second kappa shape index (κ2) is 7.47. The third kappa shape index (κ3) is 4.37. The van der Waals surface area contributed by atoms with Gasteiger partial charge in [0, 0.05) is 26.2 Å². The van der Waals surface area contributed by atoms with E-state index in [9.17, 15) is 14.7 Å². The van der Waals surface area contributed by atoms with Crippen LogP contribution in [0.4, 0.5) is 4.79 Å². The molecule has 20 heavy (non-hydrogen) atoms. The van der Waals surface area contributed by atoms with E-state index in [0.717, 1.165) is 19.4 Å². The Morgan fingerprint density at radius 2 is 2.10 bits per heavy atom. The van der Waals surface area contributed by atoms with Gasteiger partial charge < -0.3 is 20.2 Å². The average Bonchev–Trinajstić information content (AvgIpc) is 2.38. The van der Waals surface area contributed by atoms with E-state index in [1.807, 2.05) is 25.9 Å². The third-order valence-electron chi connectivity index (χ3n) is 3.88. The van der Waals surface area contributed by atoms with Crippen molar-refractivity contribution in [2.75, 3.05) is 40.3 Å². The van der Waals surface area contributed by atoms with Crippen LogP contribution in [-0.4, -0.2) is 67.2 Å². The molecule has 1 unspecified atom stereocenters. The molecule has 1 aliphatic rings. The van der Waals surface area contributed by atoms with Crippen LogP contribution in [0.15, 0.2) is 0 Å². The number of nitrogens with zero attached hydrogens (tertiary/aromatic N) is 2. The lowest BCUT2D eigenvalue weighted by molar-refractivity contribution is -0.152. The van der Waals surface area contributed by atoms with Crippen LogP contribution in [0.1, 0.15) is 32.6 Å². The number of amides is 2. The van der Waals surface area contributed by atoms with E-state index in [-0.39, 0.29) is 6.03 Å². The van der Waals surface area contributed by atoms with Gasteiger partial charge in [0.1, 0.15) is 0 Å². The number of carboxylic acids is 1. The van der Waals surface area contributed by atoms with E-state index in [4.69, 9.17) is 0 Å². The summed E-state index contributed by atoms with van der Waals surface area (Å²) < 4.78 is 0. The maximum absolute atomic E-state index is 12.1. The van der Waals surface area contributed by atoms with Crippen molar-refractivity contribution < 1.29 is 14.7 Å². The molecule has 6 heteroatoms. The summed E-state index contributed by atoms with van der Waals surface area (Å²) in [5.74, 6) is -0.773. The maximum atomic E-state index is 12.1. The third-order valence-corrected chi connectivity index (χ3v) is 3.88. The summed E-state index contributed by atoms with van der Waals surface area (Å²) in [5.41, 5.74) is -0.758. The van der Waals surface area contributed by atoms with Gasteiger partial charge in [-0.2, -0.15) is 0 Å². The first-order valence-corrected chi connectivity index (χ1v) is 7.32. The molecule has 0 bridgehead atoms. The van der Waals surface area contributed by atoms with Crippen molar-refractivity contribution in [1.82, 2.24) is 15.1 Å². The van der Waals surface area contributed by atoms with Crippen LogP contribution in [0.25, 0.3) is 0 Å². The van der Waals surface area contributed by atoms with Crippen LogP contribution in [0.2, 0.25) is 0 Å². The Bertz CT molecular complexity index is 343. The van der Waals surface area contributed by atoms with Crippen molar-refractivity contribution in [3.05, 3.63) is 0 Å². The Balaban J connectivity index is 2.58. The maximum Gasteiger partial charge on any atom is 0.317 e. The molecule has 2 amide bonds. The van der Waals surface area contributed by atoms with Crippen molar-refractivity contribution in [2.45, 2.75) is 32.6 Å². The molecular formula is C14H27N3O3. The number of nitrogens with one attached hydrogen (secondary N) is 1. The van der Waals surface area contributed by atoms with E-state index < -0.39 is 11.4 Å². The van der Waals surface area contributed by atoms with Gasteiger partial charge in [-0.3, -0.25) is 4.79 Å². The van der Waals surface area contributed by atoms with Gasteiger partial charge in [0.05, 0.1) is 5.41 Å². The molecule has 0 aromatic carbocycles. The van der Waals surface area contributed by atoms with E-state index in [1.54, 1.807) is 4.90 Å². The fourth-order valence-electron chi connectivity index (χ4n) is 2.77. The van der Waals surface area contributed by atoms with Gasteiger partial charge in [0.25, 0.3) is 0 Å². The highest BCUT2D eigenvalue weighted by atomic mass is 16.4. The second-order valence-electron chi connectivity index (χ2n) is 5.90. The molecule has 1 aliphatic heterocycles. The topological polar surface area (TPSA) is 72.9 Å². The van der Waals surface area contributed by atoms with E-state index >= 15 is 0 Å². The number of hydrogen-bond donors (Lipinski definition) is 2. The minimum atomic E-state index is -0.773. The van der Waals surface area contributed by atoms with Crippen molar-refractivity contribution in [2.24, 2.45) is 5.41 Å². The van der Waals surface area contributed by atoms with Gasteiger partial charge in [-0.1, -0.05) is 13.3 Å². The number of carboxylic acid groups (broad SMARTS) is 1. The fraction of sp³-hybridized carbons (Fsp3) is 0.857. The van der Waals surface area contributed by atoms with Crippen LogP contribution in [0.5, 0.6) is 0 Å². The highest BCUT2D eigenvalue weighted by molar-refractivity contribution is 5.78. The summed E-state index contributed by atoms with van der Waals surface area (Å²) in [6.07, 6.45) is 2.87. The second-order valence-corrected chi connectivity index (χ2v) is 5.90. The van der Waals surface area contributed by atoms with Crippen LogP contribution >= 0.6 is 0 Å². The molecule has 0 aliphatic carbocycles. The SMILES string of the molecule is CCCC1(C(=O)O)CCCN(C(=O)NCCN(C)C)C1. The van der Waals surface area contributed by atoms with Crippen molar-refractivity contribution in [1.29, 1.82) is 0 Å². The Hall–Kier alpha value is -1.30. The quantitative estimate of drug-likeness (QED) is 0.770. The molecule has 1 atom stereocenters. The molecule has 2 N–H and O–H groups in total. The van der Waals surface area contributed by atoms with Crippen molar-refractivity contribution >= 4 is 12.0 Å². The zero-order valence-electron chi connectivity index (χ0n) is 12.8. The average molecular weight is 285 g/mol. The van der Waals surface area contributed by atoms with Gasteiger partial charge >= 0.3 is 12.0 Å². The zero-order chi connectivity index (χ0) is 15.2. The predicted octanol–water partition coefficient (Wildman–Crippen LogP) is 1.22. The number of aliphatic carboxylic acids is 1. The smallest absolute Gasteiger partial charge is 0.317 e. The summed E-state index contributed by atoms with van der Waals surface area (Å²) in [4.78, 5) is 27.3. The van der Waals surface area contributed by atoms with E-state index in [0.29, 0.717) is 32.5 Å². The van der Waals surface area contributed by atoms with Gasteiger partial charge in [-0.25, -0.2) is 4.79 Å². The number of rotatable bonds is 6. The van der Waals surface area contributed by atoms with Crippen molar-refractivity contribution in [3.63, 3.8) is 0 Å². The number of likely N-dealkylation sites (N-methyl/N-ethyl adjacent to an activating group) is 1. The normalized spacial score (nSPS) is 22.9. The Morgan fingerprint density at radius 1 is 1.40 bits per heavy atom. The molecule has 116 valence electrons. The number of urea groups is 1. The van der Waals surface area contributed by atoms with Gasteiger partial charge in [0.15, 0.2) is 0 Å². The molecule has 6 nitrogen and oxygen atoms in total. The summed E-state index contributed by atoms with van der Waals surface area (Å²) >= 11 is 0. The first kappa shape index (κ1) is 16.8. The molecule has 1 saturated heterocycles. The molecule has 0 saturated carbocycles. The molecule has 1 heterocycles. The minimum absolute atomic E-state index is 0.145. The lowest BCUT2D eigenvalue weighted by Gasteiger charge is -2.39. The molecule has 1 rings (SSSR count). The highest BCUT2D eigenvalue weighted by Crippen LogP contribution is 2.35. The van der Waals surface area contributed by atoms with Crippen LogP contribution in [0, 0.1) is 5.41 Å². The largest absolute Gasteiger partial charge is 0.481 e. The number of carbonyl (C=O) groups is 2. The number of likely N-dealkylation sites (tertiary alicyclic amines) is 1. The highest BCUT2D eigenvalue weighted by Gasteiger charge is 2.42.